The molecule has 5 aromatic heterocycles. The minimum atomic E-state index is -0.641. The average Bonchev–Trinajstić information content (AvgIpc) is 3.82. The van der Waals surface area contributed by atoms with Crippen molar-refractivity contribution in [1.82, 2.24) is 34.8 Å². The number of H-pyrrole nitrogens is 2. The molecule has 0 spiro atoms. The van der Waals surface area contributed by atoms with E-state index in [0.29, 0.717) is 11.4 Å². The molecule has 0 aliphatic carbocycles. The number of rotatable bonds is 8. The number of nitriles is 1. The Morgan fingerprint density at radius 2 is 1.33 bits per heavy atom. The number of oxime groups is 2. The van der Waals surface area contributed by atoms with Crippen LogP contribution in [0.4, 0.5) is 0 Å². The number of imidazole rings is 1. The first kappa shape index (κ1) is 28.6. The maximum absolute atomic E-state index is 12.4. The van der Waals surface area contributed by atoms with Crippen LogP contribution in [-0.2, 0) is 14.5 Å². The third kappa shape index (κ3) is 6.98. The quantitative estimate of drug-likeness (QED) is 0.111. The second-order valence-corrected chi connectivity index (χ2v) is 8.16. The summed E-state index contributed by atoms with van der Waals surface area (Å²) in [5.41, 5.74) is 4.91. The van der Waals surface area contributed by atoms with Crippen molar-refractivity contribution in [3.63, 3.8) is 0 Å². The van der Waals surface area contributed by atoms with Crippen LogP contribution in [0.25, 0.3) is 22.3 Å². The van der Waals surface area contributed by atoms with Crippen molar-refractivity contribution in [3.8, 4) is 28.4 Å². The third-order valence-corrected chi connectivity index (χ3v) is 5.59. The Hall–Kier alpha value is -6.36. The largest absolute Gasteiger partial charge is 0.398 e. The molecule has 0 unspecified atom stereocenters. The van der Waals surface area contributed by atoms with E-state index in [9.17, 15) is 9.59 Å². The van der Waals surface area contributed by atoms with Crippen LogP contribution in [0.3, 0.4) is 0 Å². The normalized spacial score (nSPS) is 11.1. The van der Waals surface area contributed by atoms with Crippen molar-refractivity contribution in [1.29, 1.82) is 5.26 Å². The first-order valence-corrected chi connectivity index (χ1v) is 12.2. The van der Waals surface area contributed by atoms with Gasteiger partial charge in [-0.15, -0.1) is 0 Å². The maximum atomic E-state index is 12.4. The molecule has 5 aromatic rings. The Morgan fingerprint density at radius 1 is 0.810 bits per heavy atom. The highest BCUT2D eigenvalue weighted by Crippen LogP contribution is 2.21. The Balaban J connectivity index is 0.000000194. The molecule has 0 aromatic carbocycles. The number of hydrogen-bond donors (Lipinski definition) is 3. The number of nitrogens with one attached hydrogen (secondary N) is 3. The van der Waals surface area contributed by atoms with E-state index < -0.39 is 5.91 Å². The molecule has 14 nitrogen and oxygen atoms in total. The minimum Gasteiger partial charge on any atom is -0.398 e. The molecule has 1 amide bonds. The van der Waals surface area contributed by atoms with Crippen LogP contribution in [0.5, 0.6) is 0 Å². The number of carbonyl (C=O) groups is 2. The zero-order valence-corrected chi connectivity index (χ0v) is 22.4. The summed E-state index contributed by atoms with van der Waals surface area (Å²) in [5.74, 6) is -0.972. The smallest absolute Gasteiger partial charge is 0.288 e. The standard InChI is InChI=1S/C15H13N5O2.C13H11N5O2/c1-22-19-14(15(21)20-7-6-17-10-20)13-8-12(9-18-13)11-2-4-16-5-3-11;1-20-18-12(13(19)17-8-14)11-6-10(7-16-11)9-2-4-15-5-3-9/h2-10,18H,1H3;2-7,16H,1H3,(H,17,19). The van der Waals surface area contributed by atoms with Crippen LogP contribution in [0.1, 0.15) is 16.2 Å². The zero-order chi connectivity index (χ0) is 29.7. The second kappa shape index (κ2) is 14.1. The lowest BCUT2D eigenvalue weighted by Gasteiger charge is -2.03. The van der Waals surface area contributed by atoms with Gasteiger partial charge in [0, 0.05) is 49.6 Å². The summed E-state index contributed by atoms with van der Waals surface area (Å²) in [4.78, 5) is 51.3. The fraction of sp³-hybridized carbons (Fsp3) is 0.0714. The maximum Gasteiger partial charge on any atom is 0.288 e. The van der Waals surface area contributed by atoms with E-state index >= 15 is 0 Å². The SMILES string of the molecule is CON=C(C(=O)NC#N)c1cc(-c2ccncc2)c[nH]1.CON=C(C(=O)n1ccnc1)c1cc(-c2ccncc2)c[nH]1. The molecule has 0 aliphatic rings. The Morgan fingerprint density at radius 3 is 1.81 bits per heavy atom. The molecule has 0 bridgehead atoms. The molecule has 0 saturated heterocycles. The van der Waals surface area contributed by atoms with Crippen molar-refractivity contribution in [2.75, 3.05) is 14.2 Å². The molecule has 210 valence electrons. The average molecular weight is 565 g/mol. The van der Waals surface area contributed by atoms with Crippen molar-refractivity contribution in [2.24, 2.45) is 10.3 Å². The Bertz CT molecular complexity index is 1720. The number of carbonyl (C=O) groups excluding carboxylic acids is 2. The third-order valence-electron chi connectivity index (χ3n) is 5.59. The van der Waals surface area contributed by atoms with Crippen LogP contribution in [0.15, 0.2) is 103 Å². The lowest BCUT2D eigenvalue weighted by molar-refractivity contribution is -0.113. The summed E-state index contributed by atoms with van der Waals surface area (Å²) in [6.07, 6.45) is 16.4. The van der Waals surface area contributed by atoms with Gasteiger partial charge < -0.3 is 19.6 Å². The monoisotopic (exact) mass is 564 g/mol. The van der Waals surface area contributed by atoms with Gasteiger partial charge in [-0.3, -0.25) is 29.4 Å². The van der Waals surface area contributed by atoms with E-state index in [1.54, 1.807) is 55.6 Å². The Kier molecular flexibility index (Phi) is 9.65. The van der Waals surface area contributed by atoms with Gasteiger partial charge in [0.25, 0.3) is 11.8 Å². The van der Waals surface area contributed by atoms with E-state index in [2.05, 4.69) is 40.1 Å². The first-order valence-electron chi connectivity index (χ1n) is 12.2. The molecule has 0 saturated carbocycles. The molecule has 3 N–H and O–H groups in total. The highest BCUT2D eigenvalue weighted by molar-refractivity contribution is 6.45. The van der Waals surface area contributed by atoms with Crippen molar-refractivity contribution in [3.05, 3.63) is 104 Å². The lowest BCUT2D eigenvalue weighted by atomic mass is 10.1. The second-order valence-electron chi connectivity index (χ2n) is 8.16. The van der Waals surface area contributed by atoms with Gasteiger partial charge in [0.1, 0.15) is 20.5 Å². The molecule has 0 radical (unpaired) electrons. The predicted molar refractivity (Wildman–Crippen MR) is 152 cm³/mol. The van der Waals surface area contributed by atoms with Crippen LogP contribution in [0.2, 0.25) is 0 Å². The van der Waals surface area contributed by atoms with Crippen molar-refractivity contribution < 1.29 is 19.3 Å². The molecule has 14 heteroatoms. The van der Waals surface area contributed by atoms with Crippen LogP contribution >= 0.6 is 0 Å². The van der Waals surface area contributed by atoms with Gasteiger partial charge in [-0.05, 0) is 58.7 Å². The summed E-state index contributed by atoms with van der Waals surface area (Å²) < 4.78 is 1.34. The van der Waals surface area contributed by atoms with Gasteiger partial charge in [0.2, 0.25) is 0 Å². The van der Waals surface area contributed by atoms with Gasteiger partial charge in [-0.25, -0.2) is 4.98 Å². The number of aromatic nitrogens is 6. The van der Waals surface area contributed by atoms with Gasteiger partial charge in [0.05, 0.1) is 11.4 Å². The summed E-state index contributed by atoms with van der Waals surface area (Å²) in [7, 11) is 2.72. The highest BCUT2D eigenvalue weighted by atomic mass is 16.6. The predicted octanol–water partition coefficient (Wildman–Crippen LogP) is 2.99. The fourth-order valence-corrected chi connectivity index (χ4v) is 3.69. The molecule has 42 heavy (non-hydrogen) atoms. The molecule has 0 fully saturated rings. The zero-order valence-electron chi connectivity index (χ0n) is 22.4. The first-order chi connectivity index (χ1) is 20.5. The Labute approximate surface area is 239 Å². The topological polar surface area (TPSA) is 188 Å². The van der Waals surface area contributed by atoms with E-state index in [0.717, 1.165) is 22.3 Å². The molecular formula is C28H24N10O4. The highest BCUT2D eigenvalue weighted by Gasteiger charge is 2.19. The summed E-state index contributed by atoms with van der Waals surface area (Å²) in [5, 5.41) is 18.0. The summed E-state index contributed by atoms with van der Waals surface area (Å²) in [6, 6.07) is 11.0. The van der Waals surface area contributed by atoms with Crippen molar-refractivity contribution >= 4 is 23.2 Å². The molecule has 5 rings (SSSR count). The van der Waals surface area contributed by atoms with E-state index in [1.807, 2.05) is 35.6 Å². The summed E-state index contributed by atoms with van der Waals surface area (Å²) >= 11 is 0. The minimum absolute atomic E-state index is 0.00523. The lowest BCUT2D eigenvalue weighted by Crippen LogP contribution is -2.28. The molecule has 5 heterocycles. The van der Waals surface area contributed by atoms with Crippen LogP contribution < -0.4 is 5.32 Å². The number of nitrogens with zero attached hydrogens (tertiary/aromatic N) is 7. The van der Waals surface area contributed by atoms with Gasteiger partial charge in [0.15, 0.2) is 17.6 Å². The van der Waals surface area contributed by atoms with Gasteiger partial charge >= 0.3 is 0 Å². The summed E-state index contributed by atoms with van der Waals surface area (Å²) in [6.45, 7) is 0. The van der Waals surface area contributed by atoms with Crippen molar-refractivity contribution in [2.45, 2.75) is 0 Å². The molecule has 0 atom stereocenters. The van der Waals surface area contributed by atoms with E-state index in [-0.39, 0.29) is 17.3 Å². The van der Waals surface area contributed by atoms with Gasteiger partial charge in [-0.1, -0.05) is 10.3 Å². The van der Waals surface area contributed by atoms with Gasteiger partial charge in [-0.2, -0.15) is 5.26 Å². The van der Waals surface area contributed by atoms with Crippen LogP contribution in [-0.4, -0.2) is 66.9 Å². The van der Waals surface area contributed by atoms with E-state index in [4.69, 9.17) is 10.1 Å². The molecular weight excluding hydrogens is 540 g/mol. The van der Waals surface area contributed by atoms with E-state index in [1.165, 1.54) is 31.3 Å². The molecule has 0 aliphatic heterocycles. The number of aromatic amines is 2. The number of amides is 1. The number of hydrogen-bond acceptors (Lipinski definition) is 10. The fourth-order valence-electron chi connectivity index (χ4n) is 3.69. The number of pyridine rings is 2. The van der Waals surface area contributed by atoms with Crippen LogP contribution in [0, 0.1) is 11.5 Å².